The van der Waals surface area contributed by atoms with Crippen LogP contribution in [0, 0.1) is 0 Å². The van der Waals surface area contributed by atoms with Crippen LogP contribution in [0.2, 0.25) is 5.02 Å². The van der Waals surface area contributed by atoms with Crippen molar-refractivity contribution in [3.8, 4) is 5.69 Å². The number of nitrogen functional groups attached to an aromatic ring is 1. The number of nitrogens with zero attached hydrogens (tertiary/aromatic N) is 2. The lowest BCUT2D eigenvalue weighted by Crippen LogP contribution is -2.01. The molecular formula is C14H12ClN3S. The Labute approximate surface area is 120 Å². The van der Waals surface area contributed by atoms with Crippen LogP contribution in [0.25, 0.3) is 16.7 Å². The molecule has 2 N–H and O–H groups in total. The Morgan fingerprint density at radius 2 is 1.95 bits per heavy atom. The molecule has 3 aromatic rings. The number of anilines is 1. The summed E-state index contributed by atoms with van der Waals surface area (Å²) in [5.74, 6) is 0.449. The normalized spacial score (nSPS) is 11.1. The van der Waals surface area contributed by atoms with Crippen LogP contribution in [0.5, 0.6) is 0 Å². The molecule has 1 heterocycles. The molecule has 0 radical (unpaired) electrons. The first-order valence-electron chi connectivity index (χ1n) is 5.78. The lowest BCUT2D eigenvalue weighted by atomic mass is 10.3. The molecular weight excluding hydrogens is 278 g/mol. The van der Waals surface area contributed by atoms with Gasteiger partial charge >= 0.3 is 0 Å². The van der Waals surface area contributed by atoms with Gasteiger partial charge in [-0.3, -0.25) is 4.57 Å². The van der Waals surface area contributed by atoms with Gasteiger partial charge in [-0.25, -0.2) is 4.98 Å². The van der Waals surface area contributed by atoms with Crippen molar-refractivity contribution in [3.63, 3.8) is 0 Å². The van der Waals surface area contributed by atoms with E-state index in [9.17, 15) is 0 Å². The van der Waals surface area contributed by atoms with Gasteiger partial charge in [-0.1, -0.05) is 29.8 Å². The van der Waals surface area contributed by atoms with Gasteiger partial charge in [0, 0.05) is 4.90 Å². The second-order valence-corrected chi connectivity index (χ2v) is 5.34. The second kappa shape index (κ2) is 4.79. The molecule has 19 heavy (non-hydrogen) atoms. The maximum Gasteiger partial charge on any atom is 0.206 e. The zero-order valence-corrected chi connectivity index (χ0v) is 11.9. The highest BCUT2D eigenvalue weighted by molar-refractivity contribution is 7.98. The zero-order valence-electron chi connectivity index (χ0n) is 10.3. The van der Waals surface area contributed by atoms with Crippen LogP contribution < -0.4 is 5.73 Å². The molecule has 96 valence electrons. The molecule has 0 aliphatic carbocycles. The van der Waals surface area contributed by atoms with Crippen molar-refractivity contribution in [2.45, 2.75) is 4.90 Å². The fraction of sp³-hybridized carbons (Fsp3) is 0.0714. The number of imidazole rings is 1. The first-order valence-corrected chi connectivity index (χ1v) is 7.38. The number of rotatable bonds is 2. The van der Waals surface area contributed by atoms with E-state index in [1.807, 2.05) is 47.2 Å². The summed E-state index contributed by atoms with van der Waals surface area (Å²) in [4.78, 5) is 5.51. The minimum absolute atomic E-state index is 0.449. The maximum absolute atomic E-state index is 6.17. The van der Waals surface area contributed by atoms with E-state index in [1.54, 1.807) is 11.8 Å². The molecule has 0 saturated heterocycles. The van der Waals surface area contributed by atoms with Gasteiger partial charge in [0.15, 0.2) is 0 Å². The molecule has 0 fully saturated rings. The summed E-state index contributed by atoms with van der Waals surface area (Å²) in [6, 6.07) is 13.8. The number of fused-ring (bicyclic) bond motifs is 1. The molecule has 0 saturated carbocycles. The van der Waals surface area contributed by atoms with Crippen molar-refractivity contribution < 1.29 is 0 Å². The molecule has 0 aliphatic rings. The van der Waals surface area contributed by atoms with Gasteiger partial charge in [0.05, 0.1) is 16.2 Å². The first kappa shape index (κ1) is 12.4. The Morgan fingerprint density at radius 3 is 2.74 bits per heavy atom. The average Bonchev–Trinajstić information content (AvgIpc) is 2.76. The molecule has 0 aliphatic heterocycles. The van der Waals surface area contributed by atoms with Crippen molar-refractivity contribution in [2.24, 2.45) is 0 Å². The highest BCUT2D eigenvalue weighted by Crippen LogP contribution is 2.31. The fourth-order valence-corrected chi connectivity index (χ4v) is 2.95. The molecule has 0 bridgehead atoms. The number of thioether (sulfide) groups is 1. The van der Waals surface area contributed by atoms with Crippen molar-refractivity contribution in [1.29, 1.82) is 0 Å². The van der Waals surface area contributed by atoms with E-state index in [-0.39, 0.29) is 0 Å². The third kappa shape index (κ3) is 1.97. The summed E-state index contributed by atoms with van der Waals surface area (Å²) in [7, 11) is 0. The van der Waals surface area contributed by atoms with E-state index >= 15 is 0 Å². The Balaban J connectivity index is 2.37. The Hall–Kier alpha value is -1.65. The van der Waals surface area contributed by atoms with Gasteiger partial charge in [0.1, 0.15) is 5.52 Å². The van der Waals surface area contributed by atoms with Crippen LogP contribution in [0.3, 0.4) is 0 Å². The molecule has 2 aromatic carbocycles. The third-order valence-corrected chi connectivity index (χ3v) is 4.08. The summed E-state index contributed by atoms with van der Waals surface area (Å²) >= 11 is 7.84. The molecule has 3 nitrogen and oxygen atoms in total. The fourth-order valence-electron chi connectivity index (χ4n) is 2.15. The van der Waals surface area contributed by atoms with Crippen molar-refractivity contribution in [1.82, 2.24) is 9.55 Å². The summed E-state index contributed by atoms with van der Waals surface area (Å²) in [6.07, 6.45) is 2.04. The standard InChI is InChI=1S/C14H12ClN3S/c1-19-12-8-3-2-6-10(12)18-11-7-4-5-9(15)13(11)17-14(18)16/h2-8H,1H3,(H2,16,17). The Kier molecular flexibility index (Phi) is 3.12. The largest absolute Gasteiger partial charge is 0.369 e. The smallest absolute Gasteiger partial charge is 0.206 e. The lowest BCUT2D eigenvalue weighted by Gasteiger charge is -2.10. The van der Waals surface area contributed by atoms with Crippen LogP contribution in [0.15, 0.2) is 47.4 Å². The summed E-state index contributed by atoms with van der Waals surface area (Å²) < 4.78 is 1.94. The predicted octanol–water partition coefficient (Wildman–Crippen LogP) is 3.98. The van der Waals surface area contributed by atoms with Crippen molar-refractivity contribution >= 4 is 40.3 Å². The highest BCUT2D eigenvalue weighted by Gasteiger charge is 2.14. The van der Waals surface area contributed by atoms with E-state index < -0.39 is 0 Å². The highest BCUT2D eigenvalue weighted by atomic mass is 35.5. The first-order chi connectivity index (χ1) is 9.22. The van der Waals surface area contributed by atoms with Crippen LogP contribution in [0.1, 0.15) is 0 Å². The van der Waals surface area contributed by atoms with E-state index in [0.717, 1.165) is 21.6 Å². The van der Waals surface area contributed by atoms with Gasteiger partial charge in [0.25, 0.3) is 0 Å². The summed E-state index contributed by atoms with van der Waals surface area (Å²) in [5.41, 5.74) is 8.74. The minimum atomic E-state index is 0.449. The topological polar surface area (TPSA) is 43.8 Å². The van der Waals surface area contributed by atoms with Crippen LogP contribution in [0.4, 0.5) is 5.95 Å². The molecule has 0 amide bonds. The third-order valence-electron chi connectivity index (χ3n) is 2.99. The molecule has 0 unspecified atom stereocenters. The van der Waals surface area contributed by atoms with Gasteiger partial charge in [-0.05, 0) is 30.5 Å². The second-order valence-electron chi connectivity index (χ2n) is 4.08. The summed E-state index contributed by atoms with van der Waals surface area (Å²) in [5, 5.41) is 0.615. The Morgan fingerprint density at radius 1 is 1.16 bits per heavy atom. The molecule has 0 spiro atoms. The van der Waals surface area contributed by atoms with Crippen molar-refractivity contribution in [3.05, 3.63) is 47.5 Å². The monoisotopic (exact) mass is 289 g/mol. The quantitative estimate of drug-likeness (QED) is 0.726. The van der Waals surface area contributed by atoms with Crippen LogP contribution in [-0.2, 0) is 0 Å². The number of aromatic nitrogens is 2. The number of hydrogen-bond donors (Lipinski definition) is 1. The lowest BCUT2D eigenvalue weighted by molar-refractivity contribution is 1.07. The van der Waals surface area contributed by atoms with Gasteiger partial charge in [-0.2, -0.15) is 0 Å². The van der Waals surface area contributed by atoms with Gasteiger partial charge in [0.2, 0.25) is 5.95 Å². The summed E-state index contributed by atoms with van der Waals surface area (Å²) in [6.45, 7) is 0. The van der Waals surface area contributed by atoms with E-state index in [0.29, 0.717) is 11.0 Å². The van der Waals surface area contributed by atoms with E-state index in [4.69, 9.17) is 17.3 Å². The zero-order chi connectivity index (χ0) is 13.4. The van der Waals surface area contributed by atoms with E-state index in [2.05, 4.69) is 11.1 Å². The molecule has 1 aromatic heterocycles. The van der Waals surface area contributed by atoms with Crippen LogP contribution >= 0.6 is 23.4 Å². The van der Waals surface area contributed by atoms with E-state index in [1.165, 1.54) is 0 Å². The molecule has 3 rings (SSSR count). The van der Waals surface area contributed by atoms with Crippen molar-refractivity contribution in [2.75, 3.05) is 12.0 Å². The number of para-hydroxylation sites is 2. The Bertz CT molecular complexity index is 752. The average molecular weight is 290 g/mol. The van der Waals surface area contributed by atoms with Crippen LogP contribution in [-0.4, -0.2) is 15.8 Å². The minimum Gasteiger partial charge on any atom is -0.369 e. The van der Waals surface area contributed by atoms with Gasteiger partial charge < -0.3 is 5.73 Å². The number of benzene rings is 2. The predicted molar refractivity (Wildman–Crippen MR) is 82.3 cm³/mol. The molecule has 5 heteroatoms. The number of nitrogens with two attached hydrogens (primary N) is 1. The SMILES string of the molecule is CSc1ccccc1-n1c(N)nc2c(Cl)cccc21. The number of halogens is 1. The molecule has 0 atom stereocenters. The number of hydrogen-bond acceptors (Lipinski definition) is 3. The van der Waals surface area contributed by atoms with Gasteiger partial charge in [-0.15, -0.1) is 11.8 Å². The maximum atomic E-state index is 6.17.